The maximum absolute atomic E-state index is 13.2. The third kappa shape index (κ3) is 9.07. The van der Waals surface area contributed by atoms with Gasteiger partial charge in [-0.05, 0) is 107 Å². The number of carbonyl (C=O) groups excluding carboxylic acids is 2. The maximum atomic E-state index is 13.2. The molecule has 9 nitrogen and oxygen atoms in total. The summed E-state index contributed by atoms with van der Waals surface area (Å²) in [5.41, 5.74) is 0.761. The number of anilines is 1. The Balaban J connectivity index is 1.09. The van der Waals surface area contributed by atoms with Crippen LogP contribution in [0.15, 0.2) is 93.5 Å². The van der Waals surface area contributed by atoms with Crippen molar-refractivity contribution in [3.05, 3.63) is 84.4 Å². The number of hydrogen-bond acceptors (Lipinski definition) is 7. The van der Waals surface area contributed by atoms with E-state index in [4.69, 9.17) is 0 Å². The molecule has 2 fully saturated rings. The highest BCUT2D eigenvalue weighted by Gasteiger charge is 2.21. The predicted octanol–water partition coefficient (Wildman–Crippen LogP) is 4.39. The number of sulfonamides is 1. The van der Waals surface area contributed by atoms with E-state index in [-0.39, 0.29) is 22.9 Å². The molecule has 5 rings (SSSR count). The van der Waals surface area contributed by atoms with E-state index >= 15 is 0 Å². The summed E-state index contributed by atoms with van der Waals surface area (Å²) in [6, 6.07) is 22.7. The summed E-state index contributed by atoms with van der Waals surface area (Å²) >= 11 is 1.47. The van der Waals surface area contributed by atoms with E-state index in [1.807, 2.05) is 47.4 Å². The number of nitrogens with one attached hydrogen (secondary N) is 2. The smallest absolute Gasteiger partial charge is 0.261 e. The molecule has 2 amide bonds. The maximum Gasteiger partial charge on any atom is 0.261 e. The topological polar surface area (TPSA) is 102 Å². The van der Waals surface area contributed by atoms with Gasteiger partial charge in [0.1, 0.15) is 0 Å². The van der Waals surface area contributed by atoms with Crippen LogP contribution in [-0.4, -0.2) is 93.8 Å². The molecule has 2 N–H and O–H groups in total. The molecule has 0 atom stereocenters. The summed E-state index contributed by atoms with van der Waals surface area (Å²) in [6.07, 6.45) is 4.70. The molecule has 0 aliphatic carbocycles. The van der Waals surface area contributed by atoms with Crippen molar-refractivity contribution in [2.45, 2.75) is 40.4 Å². The second kappa shape index (κ2) is 15.6. The van der Waals surface area contributed by atoms with Crippen LogP contribution in [0.5, 0.6) is 0 Å². The third-order valence-corrected chi connectivity index (χ3v) is 10.5. The second-order valence-electron chi connectivity index (χ2n) is 11.2. The summed E-state index contributed by atoms with van der Waals surface area (Å²) in [5.74, 6) is -0.522. The van der Waals surface area contributed by atoms with Gasteiger partial charge in [0.15, 0.2) is 0 Å². The van der Waals surface area contributed by atoms with Crippen molar-refractivity contribution < 1.29 is 18.0 Å². The van der Waals surface area contributed by atoms with E-state index in [1.54, 1.807) is 12.1 Å². The molecule has 234 valence electrons. The molecule has 0 saturated carbocycles. The van der Waals surface area contributed by atoms with Crippen LogP contribution in [0.1, 0.15) is 36.0 Å². The van der Waals surface area contributed by atoms with Gasteiger partial charge in [-0.3, -0.25) is 14.3 Å². The van der Waals surface area contributed by atoms with Crippen molar-refractivity contribution in [1.29, 1.82) is 0 Å². The van der Waals surface area contributed by atoms with Crippen LogP contribution in [0.4, 0.5) is 5.69 Å². The Morgan fingerprint density at radius 1 is 0.727 bits per heavy atom. The van der Waals surface area contributed by atoms with Crippen molar-refractivity contribution in [1.82, 2.24) is 20.0 Å². The highest BCUT2D eigenvalue weighted by atomic mass is 32.2. The molecule has 0 aromatic heterocycles. The number of amides is 2. The van der Waals surface area contributed by atoms with E-state index in [0.717, 1.165) is 48.8 Å². The van der Waals surface area contributed by atoms with Crippen LogP contribution in [0, 0.1) is 0 Å². The van der Waals surface area contributed by atoms with Crippen LogP contribution in [-0.2, 0) is 14.8 Å². The molecule has 2 saturated heterocycles. The molecule has 0 unspecified atom stereocenters. The van der Waals surface area contributed by atoms with Crippen molar-refractivity contribution in [2.24, 2.45) is 0 Å². The first-order valence-electron chi connectivity index (χ1n) is 15.3. The van der Waals surface area contributed by atoms with E-state index < -0.39 is 15.9 Å². The average Bonchev–Trinajstić information content (AvgIpc) is 3.45. The molecule has 44 heavy (non-hydrogen) atoms. The van der Waals surface area contributed by atoms with E-state index in [0.29, 0.717) is 18.8 Å². The molecule has 3 aromatic carbocycles. The zero-order valence-electron chi connectivity index (χ0n) is 25.0. The van der Waals surface area contributed by atoms with Gasteiger partial charge in [0, 0.05) is 35.0 Å². The summed E-state index contributed by atoms with van der Waals surface area (Å²) in [4.78, 5) is 34.3. The number of hydrogen-bond donors (Lipinski definition) is 2. The van der Waals surface area contributed by atoms with Gasteiger partial charge >= 0.3 is 0 Å². The Labute approximate surface area is 265 Å². The summed E-state index contributed by atoms with van der Waals surface area (Å²) in [7, 11) is -3.89. The molecule has 2 heterocycles. The van der Waals surface area contributed by atoms with Gasteiger partial charge in [-0.1, -0.05) is 42.1 Å². The molecule has 11 heteroatoms. The van der Waals surface area contributed by atoms with Crippen molar-refractivity contribution in [3.63, 3.8) is 0 Å². The second-order valence-corrected chi connectivity index (χ2v) is 14.0. The molecule has 2 aliphatic heterocycles. The lowest BCUT2D eigenvalue weighted by molar-refractivity contribution is -0.130. The van der Waals surface area contributed by atoms with Gasteiger partial charge in [-0.15, -0.1) is 0 Å². The van der Waals surface area contributed by atoms with Gasteiger partial charge in [0.2, 0.25) is 5.91 Å². The standard InChI is InChI=1S/C33H41N5O4S2/c39-32(38-23-9-22-37(24-25-38)21-8-20-36-18-6-7-19-36)26-34-33(40)27-14-16-29(17-15-27)44(41,42)35-30-12-4-5-13-31(30)43-28-10-2-1-3-11-28/h1-5,10-17,35H,6-9,18-26H2,(H,34,40). The SMILES string of the molecule is O=C(NCC(=O)N1CCCN(CCCN2CCCC2)CC1)c1ccc(S(=O)(=O)Nc2ccccc2Sc2ccccc2)cc1. The fourth-order valence-electron chi connectivity index (χ4n) is 5.58. The summed E-state index contributed by atoms with van der Waals surface area (Å²) in [6.45, 7) is 7.72. The van der Waals surface area contributed by atoms with Crippen LogP contribution >= 0.6 is 11.8 Å². The normalized spacial score (nSPS) is 16.4. The van der Waals surface area contributed by atoms with Crippen LogP contribution in [0.2, 0.25) is 0 Å². The molecule has 0 bridgehead atoms. The van der Waals surface area contributed by atoms with Crippen molar-refractivity contribution in [3.8, 4) is 0 Å². The zero-order valence-corrected chi connectivity index (χ0v) is 26.6. The molecule has 0 radical (unpaired) electrons. The molecule has 2 aliphatic rings. The van der Waals surface area contributed by atoms with Crippen LogP contribution in [0.25, 0.3) is 0 Å². The number of nitrogens with zero attached hydrogens (tertiary/aromatic N) is 3. The Morgan fingerprint density at radius 3 is 2.14 bits per heavy atom. The van der Waals surface area contributed by atoms with E-state index in [9.17, 15) is 18.0 Å². The van der Waals surface area contributed by atoms with Gasteiger partial charge < -0.3 is 20.0 Å². The van der Waals surface area contributed by atoms with E-state index in [1.165, 1.54) is 62.0 Å². The van der Waals surface area contributed by atoms with Crippen molar-refractivity contribution in [2.75, 3.05) is 63.6 Å². The monoisotopic (exact) mass is 635 g/mol. The summed E-state index contributed by atoms with van der Waals surface area (Å²) < 4.78 is 29.0. The lowest BCUT2D eigenvalue weighted by Crippen LogP contribution is -2.42. The minimum Gasteiger partial charge on any atom is -0.343 e. The lowest BCUT2D eigenvalue weighted by Gasteiger charge is -2.23. The third-order valence-electron chi connectivity index (χ3n) is 8.02. The Hall–Kier alpha value is -3.38. The highest BCUT2D eigenvalue weighted by molar-refractivity contribution is 7.99. The van der Waals surface area contributed by atoms with Gasteiger partial charge in [0.05, 0.1) is 17.1 Å². The number of benzene rings is 3. The number of para-hydroxylation sites is 1. The largest absolute Gasteiger partial charge is 0.343 e. The molecular formula is C33H41N5O4S2. The highest BCUT2D eigenvalue weighted by Crippen LogP contribution is 2.34. The van der Waals surface area contributed by atoms with Gasteiger partial charge in [-0.2, -0.15) is 0 Å². The summed E-state index contributed by atoms with van der Waals surface area (Å²) in [5, 5.41) is 2.70. The lowest BCUT2D eigenvalue weighted by atomic mass is 10.2. The Morgan fingerprint density at radius 2 is 1.39 bits per heavy atom. The average molecular weight is 636 g/mol. The quantitative estimate of drug-likeness (QED) is 0.305. The van der Waals surface area contributed by atoms with Gasteiger partial charge in [-0.25, -0.2) is 8.42 Å². The van der Waals surface area contributed by atoms with Crippen molar-refractivity contribution >= 4 is 39.3 Å². The van der Waals surface area contributed by atoms with E-state index in [2.05, 4.69) is 19.8 Å². The Kier molecular flexibility index (Phi) is 11.3. The fourth-order valence-corrected chi connectivity index (χ4v) is 7.65. The number of likely N-dealkylation sites (tertiary alicyclic amines) is 1. The number of carbonyl (C=O) groups is 2. The first-order chi connectivity index (χ1) is 21.4. The first-order valence-corrected chi connectivity index (χ1v) is 17.6. The molecule has 0 spiro atoms. The minimum absolute atomic E-state index is 0.0409. The van der Waals surface area contributed by atoms with Crippen LogP contribution < -0.4 is 10.0 Å². The number of rotatable bonds is 12. The predicted molar refractivity (Wildman–Crippen MR) is 175 cm³/mol. The first kappa shape index (κ1) is 32.0. The Bertz CT molecular complexity index is 1500. The van der Waals surface area contributed by atoms with Gasteiger partial charge in [0.25, 0.3) is 15.9 Å². The minimum atomic E-state index is -3.89. The molecule has 3 aromatic rings. The van der Waals surface area contributed by atoms with Crippen LogP contribution in [0.3, 0.4) is 0 Å². The zero-order chi connectivity index (χ0) is 30.8. The molecular weight excluding hydrogens is 595 g/mol. The fraction of sp³-hybridized carbons (Fsp3) is 0.394.